The quantitative estimate of drug-likeness (QED) is 0.747. The molecule has 0 radical (unpaired) electrons. The van der Waals surface area contributed by atoms with Gasteiger partial charge in [0.15, 0.2) is 0 Å². The Morgan fingerprint density at radius 1 is 1.20 bits per heavy atom. The van der Waals surface area contributed by atoms with Crippen molar-refractivity contribution in [3.8, 4) is 0 Å². The molecule has 0 atom stereocenters. The van der Waals surface area contributed by atoms with E-state index in [0.29, 0.717) is 37.6 Å². The predicted octanol–water partition coefficient (Wildman–Crippen LogP) is -0.558. The normalized spacial score (nSPS) is 15.3. The van der Waals surface area contributed by atoms with Gasteiger partial charge in [0.25, 0.3) is 5.91 Å². The van der Waals surface area contributed by atoms with E-state index in [9.17, 15) is 9.59 Å². The Labute approximate surface area is 117 Å². The van der Waals surface area contributed by atoms with Crippen LogP contribution in [0.15, 0.2) is 6.20 Å². The summed E-state index contributed by atoms with van der Waals surface area (Å²) >= 11 is 0. The monoisotopic (exact) mass is 280 g/mol. The molecule has 3 amide bonds. The summed E-state index contributed by atoms with van der Waals surface area (Å²) in [7, 11) is 5.13. The lowest BCUT2D eigenvalue weighted by molar-refractivity contribution is 0.0640. The first-order valence-electron chi connectivity index (χ1n) is 6.44. The van der Waals surface area contributed by atoms with Gasteiger partial charge >= 0.3 is 6.03 Å². The number of carbonyl (C=O) groups is 2. The number of rotatable bonds is 1. The van der Waals surface area contributed by atoms with Gasteiger partial charge in [-0.15, -0.1) is 0 Å². The summed E-state index contributed by atoms with van der Waals surface area (Å²) in [6.45, 7) is 2.06. The average molecular weight is 280 g/mol. The van der Waals surface area contributed by atoms with Crippen LogP contribution in [0.25, 0.3) is 0 Å². The average Bonchev–Trinajstić information content (AvgIpc) is 2.76. The van der Waals surface area contributed by atoms with E-state index in [-0.39, 0.29) is 11.9 Å². The van der Waals surface area contributed by atoms with Crippen LogP contribution in [0.5, 0.6) is 0 Å². The lowest BCUT2D eigenvalue weighted by Gasteiger charge is -2.35. The highest BCUT2D eigenvalue weighted by atomic mass is 16.2. The maximum Gasteiger partial charge on any atom is 0.319 e. The SMILES string of the molecule is CN(C)C(=O)N1CCN(C(=O)c2c(N)cnn2C)CC1. The van der Waals surface area contributed by atoms with E-state index in [2.05, 4.69) is 5.10 Å². The largest absolute Gasteiger partial charge is 0.396 e. The van der Waals surface area contributed by atoms with Crippen molar-refractivity contribution in [3.63, 3.8) is 0 Å². The first-order valence-corrected chi connectivity index (χ1v) is 6.44. The molecular formula is C12H20N6O2. The molecule has 8 nitrogen and oxygen atoms in total. The van der Waals surface area contributed by atoms with Gasteiger partial charge in [0.2, 0.25) is 0 Å². The second kappa shape index (κ2) is 5.40. The molecule has 0 unspecified atom stereocenters. The molecule has 0 spiro atoms. The Balaban J connectivity index is 2.01. The van der Waals surface area contributed by atoms with Crippen LogP contribution >= 0.6 is 0 Å². The molecule has 110 valence electrons. The molecule has 1 saturated heterocycles. The van der Waals surface area contributed by atoms with Crippen LogP contribution < -0.4 is 5.73 Å². The number of nitrogens with zero attached hydrogens (tertiary/aromatic N) is 5. The minimum Gasteiger partial charge on any atom is -0.396 e. The highest BCUT2D eigenvalue weighted by Gasteiger charge is 2.27. The van der Waals surface area contributed by atoms with Gasteiger partial charge in [0, 0.05) is 47.3 Å². The third kappa shape index (κ3) is 2.54. The lowest BCUT2D eigenvalue weighted by atomic mass is 10.2. The predicted molar refractivity (Wildman–Crippen MR) is 74.2 cm³/mol. The lowest BCUT2D eigenvalue weighted by Crippen LogP contribution is -2.53. The minimum absolute atomic E-state index is 0.0304. The van der Waals surface area contributed by atoms with Crippen molar-refractivity contribution >= 4 is 17.6 Å². The van der Waals surface area contributed by atoms with E-state index in [1.165, 1.54) is 15.8 Å². The number of amides is 3. The Morgan fingerprint density at radius 3 is 2.20 bits per heavy atom. The molecule has 8 heteroatoms. The summed E-state index contributed by atoms with van der Waals surface area (Å²) < 4.78 is 1.48. The first kappa shape index (κ1) is 14.2. The van der Waals surface area contributed by atoms with E-state index in [1.807, 2.05) is 0 Å². The van der Waals surface area contributed by atoms with Gasteiger partial charge in [-0.2, -0.15) is 5.10 Å². The third-order valence-corrected chi connectivity index (χ3v) is 3.39. The highest BCUT2D eigenvalue weighted by molar-refractivity contribution is 5.97. The van der Waals surface area contributed by atoms with E-state index < -0.39 is 0 Å². The van der Waals surface area contributed by atoms with Crippen LogP contribution in [0.4, 0.5) is 10.5 Å². The number of aryl methyl sites for hydroxylation is 1. The summed E-state index contributed by atoms with van der Waals surface area (Å²) in [4.78, 5) is 29.2. The molecule has 1 aromatic heterocycles. The smallest absolute Gasteiger partial charge is 0.319 e. The number of aromatic nitrogens is 2. The van der Waals surface area contributed by atoms with Gasteiger partial charge in [0.05, 0.1) is 11.9 Å². The molecule has 1 aromatic rings. The van der Waals surface area contributed by atoms with Crippen molar-refractivity contribution in [2.75, 3.05) is 46.0 Å². The van der Waals surface area contributed by atoms with Crippen LogP contribution in [-0.2, 0) is 7.05 Å². The number of piperazine rings is 1. The third-order valence-electron chi connectivity index (χ3n) is 3.39. The molecule has 1 fully saturated rings. The number of hydrogen-bond acceptors (Lipinski definition) is 4. The molecule has 2 heterocycles. The summed E-state index contributed by atoms with van der Waals surface area (Å²) in [5.74, 6) is -0.139. The van der Waals surface area contributed by atoms with E-state index in [1.54, 1.807) is 30.9 Å². The summed E-state index contributed by atoms with van der Waals surface area (Å²) in [5.41, 5.74) is 6.54. The molecule has 0 aromatic carbocycles. The molecule has 0 aliphatic carbocycles. The van der Waals surface area contributed by atoms with Gasteiger partial charge in [-0.3, -0.25) is 9.48 Å². The number of carbonyl (C=O) groups excluding carboxylic acids is 2. The fourth-order valence-corrected chi connectivity index (χ4v) is 2.25. The number of anilines is 1. The van der Waals surface area contributed by atoms with Crippen molar-refractivity contribution in [1.29, 1.82) is 0 Å². The molecule has 0 saturated carbocycles. The van der Waals surface area contributed by atoms with Crippen molar-refractivity contribution in [3.05, 3.63) is 11.9 Å². The van der Waals surface area contributed by atoms with Crippen molar-refractivity contribution in [2.24, 2.45) is 7.05 Å². The maximum absolute atomic E-state index is 12.4. The zero-order valence-corrected chi connectivity index (χ0v) is 12.0. The Morgan fingerprint density at radius 2 is 1.75 bits per heavy atom. The highest BCUT2D eigenvalue weighted by Crippen LogP contribution is 2.14. The Hall–Kier alpha value is -2.25. The van der Waals surface area contributed by atoms with E-state index in [4.69, 9.17) is 5.73 Å². The fourth-order valence-electron chi connectivity index (χ4n) is 2.25. The summed E-state index contributed by atoms with van der Waals surface area (Å²) in [6.07, 6.45) is 1.47. The van der Waals surface area contributed by atoms with Gasteiger partial charge < -0.3 is 20.4 Å². The standard InChI is InChI=1S/C12H20N6O2/c1-15(2)12(20)18-6-4-17(5-7-18)11(19)10-9(13)8-14-16(10)3/h8H,4-7,13H2,1-3H3. The molecule has 1 aliphatic heterocycles. The maximum atomic E-state index is 12.4. The minimum atomic E-state index is -0.139. The molecular weight excluding hydrogens is 260 g/mol. The molecule has 2 rings (SSSR count). The molecule has 1 aliphatic rings. The van der Waals surface area contributed by atoms with E-state index in [0.717, 1.165) is 0 Å². The number of nitrogens with two attached hydrogens (primary N) is 1. The van der Waals surface area contributed by atoms with Crippen LogP contribution in [0.2, 0.25) is 0 Å². The van der Waals surface area contributed by atoms with Crippen LogP contribution in [0.3, 0.4) is 0 Å². The van der Waals surface area contributed by atoms with Crippen LogP contribution in [0.1, 0.15) is 10.5 Å². The first-order chi connectivity index (χ1) is 9.41. The Kier molecular flexibility index (Phi) is 3.82. The summed E-state index contributed by atoms with van der Waals surface area (Å²) in [5, 5.41) is 3.97. The Bertz CT molecular complexity index is 497. The van der Waals surface area contributed by atoms with Crippen molar-refractivity contribution < 1.29 is 9.59 Å². The van der Waals surface area contributed by atoms with Gasteiger partial charge in [-0.25, -0.2) is 4.79 Å². The zero-order valence-electron chi connectivity index (χ0n) is 12.0. The van der Waals surface area contributed by atoms with Crippen LogP contribution in [-0.4, -0.2) is 76.7 Å². The molecule has 2 N–H and O–H groups in total. The second-order valence-corrected chi connectivity index (χ2v) is 5.03. The van der Waals surface area contributed by atoms with Gasteiger partial charge in [0.1, 0.15) is 5.69 Å². The number of urea groups is 1. The van der Waals surface area contributed by atoms with Crippen LogP contribution in [0, 0.1) is 0 Å². The second-order valence-electron chi connectivity index (χ2n) is 5.03. The van der Waals surface area contributed by atoms with Gasteiger partial charge in [-0.05, 0) is 0 Å². The topological polar surface area (TPSA) is 87.7 Å². The van der Waals surface area contributed by atoms with Gasteiger partial charge in [-0.1, -0.05) is 0 Å². The summed E-state index contributed by atoms with van der Waals surface area (Å²) in [6, 6.07) is -0.0304. The van der Waals surface area contributed by atoms with Crippen molar-refractivity contribution in [2.45, 2.75) is 0 Å². The van der Waals surface area contributed by atoms with Crippen molar-refractivity contribution in [1.82, 2.24) is 24.5 Å². The zero-order chi connectivity index (χ0) is 14.9. The molecule has 0 bridgehead atoms. The van der Waals surface area contributed by atoms with E-state index >= 15 is 0 Å². The fraction of sp³-hybridized carbons (Fsp3) is 0.583. The number of hydrogen-bond donors (Lipinski definition) is 1. The molecule has 20 heavy (non-hydrogen) atoms. The number of nitrogen functional groups attached to an aromatic ring is 1.